The zero-order chi connectivity index (χ0) is 19.7. The third-order valence-electron chi connectivity index (χ3n) is 6.78. The summed E-state index contributed by atoms with van der Waals surface area (Å²) in [6.45, 7) is 0. The van der Waals surface area contributed by atoms with Crippen molar-refractivity contribution in [3.63, 3.8) is 0 Å². The smallest absolute Gasteiger partial charge is 0.238 e. The number of anilines is 1. The van der Waals surface area contributed by atoms with Crippen LogP contribution in [-0.4, -0.2) is 18.9 Å². The van der Waals surface area contributed by atoms with Crippen molar-refractivity contribution < 1.29 is 14.3 Å². The molecule has 3 aromatic carbocycles. The zero-order valence-corrected chi connectivity index (χ0v) is 15.9. The molecule has 1 aliphatic heterocycles. The largest absolute Gasteiger partial charge is 0.497 e. The third-order valence-corrected chi connectivity index (χ3v) is 6.78. The third kappa shape index (κ3) is 2.03. The molecule has 1 fully saturated rings. The standard InChI is InChI=1S/C25H19NO3/c1-29-15-12-10-14(11-13-15)26-24(27)22-20-16-6-2-3-7-17(16)21(23(22)25(26)28)19-9-5-4-8-18(19)20/h2-13,20-23H,1H3/t20?,21?,22-,23+. The molecule has 0 radical (unpaired) electrons. The highest BCUT2D eigenvalue weighted by atomic mass is 16.5. The molecular formula is C25H19NO3. The summed E-state index contributed by atoms with van der Waals surface area (Å²) in [5.41, 5.74) is 5.37. The van der Waals surface area contributed by atoms with Gasteiger partial charge < -0.3 is 4.74 Å². The Morgan fingerprint density at radius 3 is 1.45 bits per heavy atom. The van der Waals surface area contributed by atoms with Gasteiger partial charge in [0.1, 0.15) is 5.75 Å². The predicted molar refractivity (Wildman–Crippen MR) is 109 cm³/mol. The van der Waals surface area contributed by atoms with E-state index in [4.69, 9.17) is 4.74 Å². The number of imide groups is 1. The van der Waals surface area contributed by atoms with Crippen LogP contribution in [0.15, 0.2) is 72.8 Å². The van der Waals surface area contributed by atoms with Crippen molar-refractivity contribution >= 4 is 17.5 Å². The maximum Gasteiger partial charge on any atom is 0.238 e. The number of hydrogen-bond acceptors (Lipinski definition) is 3. The van der Waals surface area contributed by atoms with E-state index in [1.54, 1.807) is 31.4 Å². The maximum absolute atomic E-state index is 13.6. The van der Waals surface area contributed by atoms with Crippen molar-refractivity contribution in [1.82, 2.24) is 0 Å². The molecule has 1 saturated heterocycles. The molecule has 0 saturated carbocycles. The summed E-state index contributed by atoms with van der Waals surface area (Å²) in [5, 5.41) is 0. The van der Waals surface area contributed by atoms with Gasteiger partial charge in [0.15, 0.2) is 0 Å². The van der Waals surface area contributed by atoms with Crippen LogP contribution in [0.5, 0.6) is 5.75 Å². The molecule has 2 amide bonds. The fraction of sp³-hybridized carbons (Fsp3) is 0.200. The number of carbonyl (C=O) groups is 2. The summed E-state index contributed by atoms with van der Waals surface area (Å²) < 4.78 is 5.22. The minimum Gasteiger partial charge on any atom is -0.497 e. The first-order chi connectivity index (χ1) is 14.2. The summed E-state index contributed by atoms with van der Waals surface area (Å²) in [6, 6.07) is 23.7. The lowest BCUT2D eigenvalue weighted by Crippen LogP contribution is -2.41. The molecule has 0 spiro atoms. The van der Waals surface area contributed by atoms with Crippen LogP contribution in [0.25, 0.3) is 0 Å². The van der Waals surface area contributed by atoms with Gasteiger partial charge >= 0.3 is 0 Å². The van der Waals surface area contributed by atoms with Crippen molar-refractivity contribution in [1.29, 1.82) is 0 Å². The quantitative estimate of drug-likeness (QED) is 0.628. The Bertz CT molecular complexity index is 1050. The van der Waals surface area contributed by atoms with E-state index in [1.807, 2.05) is 24.3 Å². The molecule has 2 atom stereocenters. The summed E-state index contributed by atoms with van der Waals surface area (Å²) in [7, 11) is 1.60. The topological polar surface area (TPSA) is 46.6 Å². The van der Waals surface area contributed by atoms with Crippen LogP contribution in [0.2, 0.25) is 0 Å². The predicted octanol–water partition coefficient (Wildman–Crippen LogP) is 4.09. The number of carbonyl (C=O) groups excluding carboxylic acids is 2. The van der Waals surface area contributed by atoms with Crippen molar-refractivity contribution in [2.75, 3.05) is 12.0 Å². The summed E-state index contributed by atoms with van der Waals surface area (Å²) in [5.74, 6) is -0.327. The van der Waals surface area contributed by atoms with E-state index in [-0.39, 0.29) is 35.5 Å². The van der Waals surface area contributed by atoms with Gasteiger partial charge in [0.2, 0.25) is 11.8 Å². The Labute approximate surface area is 168 Å². The second kappa shape index (κ2) is 5.80. The Hall–Kier alpha value is -3.40. The number of hydrogen-bond donors (Lipinski definition) is 0. The van der Waals surface area contributed by atoms with E-state index in [0.717, 1.165) is 0 Å². The first-order valence-electron chi connectivity index (χ1n) is 9.90. The maximum atomic E-state index is 13.6. The van der Waals surface area contributed by atoms with E-state index in [2.05, 4.69) is 24.3 Å². The minimum atomic E-state index is -0.348. The van der Waals surface area contributed by atoms with Crippen LogP contribution in [-0.2, 0) is 9.59 Å². The molecule has 4 aliphatic rings. The van der Waals surface area contributed by atoms with Gasteiger partial charge in [-0.3, -0.25) is 9.59 Å². The van der Waals surface area contributed by atoms with Crippen LogP contribution in [0, 0.1) is 11.8 Å². The summed E-state index contributed by atoms with van der Waals surface area (Å²) >= 11 is 0. The van der Waals surface area contributed by atoms with Crippen LogP contribution in [0.4, 0.5) is 5.69 Å². The average molecular weight is 381 g/mol. The average Bonchev–Trinajstić information content (AvgIpc) is 3.04. The van der Waals surface area contributed by atoms with Gasteiger partial charge in [0.05, 0.1) is 24.6 Å². The van der Waals surface area contributed by atoms with E-state index in [1.165, 1.54) is 27.2 Å². The Balaban J connectivity index is 1.53. The molecule has 0 unspecified atom stereocenters. The fourth-order valence-electron chi connectivity index (χ4n) is 5.66. The Morgan fingerprint density at radius 2 is 1.07 bits per heavy atom. The highest BCUT2D eigenvalue weighted by molar-refractivity contribution is 6.23. The molecule has 142 valence electrons. The first kappa shape index (κ1) is 16.5. The molecule has 1 heterocycles. The number of ether oxygens (including phenoxy) is 1. The van der Waals surface area contributed by atoms with E-state index in [0.29, 0.717) is 11.4 Å². The molecule has 3 aliphatic carbocycles. The van der Waals surface area contributed by atoms with Crippen molar-refractivity contribution in [2.45, 2.75) is 11.8 Å². The highest BCUT2D eigenvalue weighted by Crippen LogP contribution is 2.61. The molecule has 4 nitrogen and oxygen atoms in total. The molecule has 7 rings (SSSR count). The van der Waals surface area contributed by atoms with Crippen molar-refractivity contribution in [2.24, 2.45) is 11.8 Å². The Morgan fingerprint density at radius 1 is 0.655 bits per heavy atom. The van der Waals surface area contributed by atoms with E-state index in [9.17, 15) is 9.59 Å². The lowest BCUT2D eigenvalue weighted by molar-refractivity contribution is -0.122. The number of rotatable bonds is 2. The fourth-order valence-corrected chi connectivity index (χ4v) is 5.66. The van der Waals surface area contributed by atoms with Gasteiger partial charge in [-0.15, -0.1) is 0 Å². The summed E-state index contributed by atoms with van der Waals surface area (Å²) in [4.78, 5) is 28.6. The minimum absolute atomic E-state index is 0.0721. The molecule has 3 aromatic rings. The van der Waals surface area contributed by atoms with E-state index < -0.39 is 0 Å². The molecule has 4 heteroatoms. The van der Waals surface area contributed by atoms with E-state index >= 15 is 0 Å². The monoisotopic (exact) mass is 381 g/mol. The second-order valence-corrected chi connectivity index (χ2v) is 7.97. The molecule has 0 aromatic heterocycles. The number of amides is 2. The van der Waals surface area contributed by atoms with Crippen LogP contribution in [0.1, 0.15) is 34.1 Å². The van der Waals surface area contributed by atoms with Gasteiger partial charge in [-0.25, -0.2) is 4.90 Å². The van der Waals surface area contributed by atoms with Crippen molar-refractivity contribution in [3.8, 4) is 5.75 Å². The van der Waals surface area contributed by atoms with Gasteiger partial charge in [-0.1, -0.05) is 48.5 Å². The Kier molecular flexibility index (Phi) is 3.31. The zero-order valence-electron chi connectivity index (χ0n) is 15.9. The SMILES string of the molecule is COc1ccc(N2C(=O)[C@@H]3C4c5ccccc5C(c5ccccc54)[C@@H]3C2=O)cc1. The van der Waals surface area contributed by atoms with Crippen LogP contribution < -0.4 is 9.64 Å². The van der Waals surface area contributed by atoms with Crippen molar-refractivity contribution in [3.05, 3.63) is 95.1 Å². The molecular weight excluding hydrogens is 362 g/mol. The van der Waals surface area contributed by atoms with Gasteiger partial charge in [0, 0.05) is 11.8 Å². The van der Waals surface area contributed by atoms with Crippen LogP contribution in [0.3, 0.4) is 0 Å². The van der Waals surface area contributed by atoms with Crippen LogP contribution >= 0.6 is 0 Å². The van der Waals surface area contributed by atoms with Gasteiger partial charge in [-0.05, 0) is 46.5 Å². The first-order valence-corrected chi connectivity index (χ1v) is 9.90. The second-order valence-electron chi connectivity index (χ2n) is 7.97. The molecule has 2 bridgehead atoms. The lowest BCUT2D eigenvalue weighted by atomic mass is 9.55. The number of nitrogens with zero attached hydrogens (tertiary/aromatic N) is 1. The summed E-state index contributed by atoms with van der Waals surface area (Å²) in [6.07, 6.45) is 0. The lowest BCUT2D eigenvalue weighted by Gasteiger charge is -2.45. The number of benzene rings is 3. The highest BCUT2D eigenvalue weighted by Gasteiger charge is 2.61. The van der Waals surface area contributed by atoms with Gasteiger partial charge in [-0.2, -0.15) is 0 Å². The molecule has 0 N–H and O–H groups in total. The number of methoxy groups -OCH3 is 1. The normalized spacial score (nSPS) is 26.2. The molecule has 29 heavy (non-hydrogen) atoms. The van der Waals surface area contributed by atoms with Gasteiger partial charge in [0.25, 0.3) is 0 Å².